The summed E-state index contributed by atoms with van der Waals surface area (Å²) in [5.74, 6) is 1.47. The van der Waals surface area contributed by atoms with Gasteiger partial charge in [-0.2, -0.15) is 12.6 Å². The van der Waals surface area contributed by atoms with Gasteiger partial charge in [0.2, 0.25) is 0 Å². The molecule has 0 bridgehead atoms. The van der Waals surface area contributed by atoms with E-state index in [0.717, 1.165) is 23.5 Å². The molecule has 0 aliphatic rings. The Hall–Kier alpha value is -1.09. The number of hydrogen-bond acceptors (Lipinski definition) is 3. The summed E-state index contributed by atoms with van der Waals surface area (Å²) in [5.41, 5.74) is 1.11. The summed E-state index contributed by atoms with van der Waals surface area (Å²) >= 11 is 4.48. The molecule has 0 N–H and O–H groups in total. The highest BCUT2D eigenvalue weighted by molar-refractivity contribution is 7.80. The summed E-state index contributed by atoms with van der Waals surface area (Å²) in [4.78, 5) is 0. The molecule has 0 spiro atoms. The van der Waals surface area contributed by atoms with E-state index in [1.807, 2.05) is 24.3 Å². The molecule has 1 aromatic rings. The Labute approximate surface area is 96.3 Å². The molecule has 0 radical (unpaired) electrons. The van der Waals surface area contributed by atoms with E-state index < -0.39 is 0 Å². The average molecular weight is 224 g/mol. The van der Waals surface area contributed by atoms with Gasteiger partial charge in [0.05, 0.1) is 14.2 Å². The van der Waals surface area contributed by atoms with Crippen LogP contribution in [0.2, 0.25) is 0 Å². The van der Waals surface area contributed by atoms with Gasteiger partial charge in [-0.05, 0) is 24.1 Å². The summed E-state index contributed by atoms with van der Waals surface area (Å²) in [7, 11) is 3.25. The number of benzene rings is 1. The molecule has 82 valence electrons. The molecule has 2 nitrogen and oxygen atoms in total. The minimum atomic E-state index is 0.155. The van der Waals surface area contributed by atoms with Crippen molar-refractivity contribution in [2.75, 3.05) is 14.2 Å². The minimum absolute atomic E-state index is 0.155. The van der Waals surface area contributed by atoms with Gasteiger partial charge in [0.25, 0.3) is 0 Å². The van der Waals surface area contributed by atoms with Gasteiger partial charge in [0.1, 0.15) is 0 Å². The van der Waals surface area contributed by atoms with Crippen molar-refractivity contribution in [1.29, 1.82) is 0 Å². The first-order chi connectivity index (χ1) is 7.22. The van der Waals surface area contributed by atoms with Gasteiger partial charge in [0.15, 0.2) is 11.5 Å². The fraction of sp³-hybridized carbons (Fsp3) is 0.333. The van der Waals surface area contributed by atoms with Crippen LogP contribution < -0.4 is 9.47 Å². The van der Waals surface area contributed by atoms with E-state index in [1.54, 1.807) is 14.2 Å². The third-order valence-electron chi connectivity index (χ3n) is 2.18. The Morgan fingerprint density at radius 1 is 1.33 bits per heavy atom. The van der Waals surface area contributed by atoms with E-state index in [0.29, 0.717) is 0 Å². The Balaban J connectivity index is 2.96. The lowest BCUT2D eigenvalue weighted by atomic mass is 10.1. The highest BCUT2D eigenvalue weighted by Crippen LogP contribution is 2.33. The molecule has 1 rings (SSSR count). The van der Waals surface area contributed by atoms with Crippen molar-refractivity contribution in [3.8, 4) is 11.5 Å². The summed E-state index contributed by atoms with van der Waals surface area (Å²) in [6, 6.07) is 5.82. The summed E-state index contributed by atoms with van der Waals surface area (Å²) in [6.45, 7) is 3.70. The lowest BCUT2D eigenvalue weighted by molar-refractivity contribution is 0.354. The second-order valence-corrected chi connectivity index (χ2v) is 3.78. The van der Waals surface area contributed by atoms with Crippen LogP contribution >= 0.6 is 12.6 Å². The van der Waals surface area contributed by atoms with Crippen molar-refractivity contribution in [3.63, 3.8) is 0 Å². The molecule has 0 aliphatic heterocycles. The molecule has 0 saturated carbocycles. The summed E-state index contributed by atoms with van der Waals surface area (Å²) < 4.78 is 10.4. The van der Waals surface area contributed by atoms with E-state index >= 15 is 0 Å². The van der Waals surface area contributed by atoms with Crippen LogP contribution in [0.5, 0.6) is 11.5 Å². The smallest absolute Gasteiger partial charge is 0.161 e. The van der Waals surface area contributed by atoms with Crippen LogP contribution in [-0.4, -0.2) is 14.2 Å². The second kappa shape index (κ2) is 5.71. The largest absolute Gasteiger partial charge is 0.493 e. The third-order valence-corrected chi connectivity index (χ3v) is 2.69. The molecule has 0 fully saturated rings. The number of methoxy groups -OCH3 is 2. The zero-order valence-electron chi connectivity index (χ0n) is 9.06. The Bertz CT molecular complexity index is 336. The molecule has 0 heterocycles. The van der Waals surface area contributed by atoms with Gasteiger partial charge in [-0.3, -0.25) is 0 Å². The van der Waals surface area contributed by atoms with Crippen molar-refractivity contribution in [1.82, 2.24) is 0 Å². The summed E-state index contributed by atoms with van der Waals surface area (Å²) in [6.07, 6.45) is 2.69. The Morgan fingerprint density at radius 3 is 2.53 bits per heavy atom. The summed E-state index contributed by atoms with van der Waals surface area (Å²) in [5, 5.41) is 0.155. The maximum atomic E-state index is 5.22. The molecule has 0 amide bonds. The van der Waals surface area contributed by atoms with Crippen LogP contribution in [0.4, 0.5) is 0 Å². The predicted octanol–water partition coefficient (Wildman–Crippen LogP) is 3.25. The van der Waals surface area contributed by atoms with E-state index in [9.17, 15) is 0 Å². The highest BCUT2D eigenvalue weighted by atomic mass is 32.1. The standard InChI is InChI=1S/C12H16O2S/c1-4-5-12(15)9-6-7-10(13-2)11(8-9)14-3/h4,6-8,12,15H,1,5H2,2-3H3. The molecule has 0 aromatic heterocycles. The average Bonchev–Trinajstić information content (AvgIpc) is 2.28. The van der Waals surface area contributed by atoms with Crippen molar-refractivity contribution in [2.45, 2.75) is 11.7 Å². The molecule has 15 heavy (non-hydrogen) atoms. The molecule has 1 atom stereocenters. The monoisotopic (exact) mass is 224 g/mol. The first-order valence-corrected chi connectivity index (χ1v) is 5.25. The van der Waals surface area contributed by atoms with Gasteiger partial charge in [-0.15, -0.1) is 6.58 Å². The molecule has 0 saturated heterocycles. The SMILES string of the molecule is C=CCC(S)c1ccc(OC)c(OC)c1. The fourth-order valence-electron chi connectivity index (χ4n) is 1.35. The highest BCUT2D eigenvalue weighted by Gasteiger charge is 2.09. The second-order valence-electron chi connectivity index (χ2n) is 3.15. The normalized spacial score (nSPS) is 11.9. The minimum Gasteiger partial charge on any atom is -0.493 e. The number of rotatable bonds is 5. The maximum absolute atomic E-state index is 5.22. The number of thiol groups is 1. The first kappa shape index (κ1) is 12.0. The third kappa shape index (κ3) is 2.93. The molecule has 1 unspecified atom stereocenters. The zero-order chi connectivity index (χ0) is 11.3. The Kier molecular flexibility index (Phi) is 4.56. The van der Waals surface area contributed by atoms with E-state index in [1.165, 1.54) is 0 Å². The molecular formula is C12H16O2S. The van der Waals surface area contributed by atoms with Gasteiger partial charge >= 0.3 is 0 Å². The molecule has 0 aliphatic carbocycles. The fourth-order valence-corrected chi connectivity index (χ4v) is 1.66. The van der Waals surface area contributed by atoms with Crippen LogP contribution in [-0.2, 0) is 0 Å². The lowest BCUT2D eigenvalue weighted by Gasteiger charge is -2.12. The topological polar surface area (TPSA) is 18.5 Å². The van der Waals surface area contributed by atoms with Crippen LogP contribution in [0.25, 0.3) is 0 Å². The van der Waals surface area contributed by atoms with Gasteiger partial charge in [0, 0.05) is 5.25 Å². The molecule has 1 aromatic carbocycles. The van der Waals surface area contributed by atoms with E-state index in [4.69, 9.17) is 9.47 Å². The quantitative estimate of drug-likeness (QED) is 0.611. The van der Waals surface area contributed by atoms with Crippen LogP contribution in [0.1, 0.15) is 17.2 Å². The van der Waals surface area contributed by atoms with E-state index in [2.05, 4.69) is 19.2 Å². The van der Waals surface area contributed by atoms with E-state index in [-0.39, 0.29) is 5.25 Å². The molecule has 3 heteroatoms. The maximum Gasteiger partial charge on any atom is 0.161 e. The van der Waals surface area contributed by atoms with Gasteiger partial charge < -0.3 is 9.47 Å². The van der Waals surface area contributed by atoms with Crippen molar-refractivity contribution < 1.29 is 9.47 Å². The number of hydrogen-bond donors (Lipinski definition) is 1. The van der Waals surface area contributed by atoms with Gasteiger partial charge in [-0.1, -0.05) is 12.1 Å². The van der Waals surface area contributed by atoms with Crippen molar-refractivity contribution in [3.05, 3.63) is 36.4 Å². The first-order valence-electron chi connectivity index (χ1n) is 4.73. The Morgan fingerprint density at radius 2 is 2.00 bits per heavy atom. The molecular weight excluding hydrogens is 208 g/mol. The van der Waals surface area contributed by atoms with Crippen LogP contribution in [0.15, 0.2) is 30.9 Å². The zero-order valence-corrected chi connectivity index (χ0v) is 9.96. The van der Waals surface area contributed by atoms with Crippen LogP contribution in [0, 0.1) is 0 Å². The predicted molar refractivity (Wildman–Crippen MR) is 66.1 cm³/mol. The number of ether oxygens (including phenoxy) is 2. The number of allylic oxidation sites excluding steroid dienone is 1. The van der Waals surface area contributed by atoms with Crippen molar-refractivity contribution >= 4 is 12.6 Å². The van der Waals surface area contributed by atoms with Crippen LogP contribution in [0.3, 0.4) is 0 Å². The van der Waals surface area contributed by atoms with Crippen molar-refractivity contribution in [2.24, 2.45) is 0 Å². The van der Waals surface area contributed by atoms with Gasteiger partial charge in [-0.25, -0.2) is 0 Å². The lowest BCUT2D eigenvalue weighted by Crippen LogP contribution is -1.94.